The summed E-state index contributed by atoms with van der Waals surface area (Å²) in [7, 11) is 0. The first-order chi connectivity index (χ1) is 58.2. The molecule has 0 spiro atoms. The molecule has 0 aromatic rings. The third-order valence-corrected chi connectivity index (χ3v) is 20.4. The predicted molar refractivity (Wildman–Crippen MR) is 458 cm³/mol. The van der Waals surface area contributed by atoms with Gasteiger partial charge in [0.1, 0.15) is 51.2 Å². The van der Waals surface area contributed by atoms with E-state index in [2.05, 4.69) is 13.8 Å². The summed E-state index contributed by atoms with van der Waals surface area (Å²) >= 11 is 0. The van der Waals surface area contributed by atoms with E-state index in [1.54, 1.807) is 0 Å². The lowest BCUT2D eigenvalue weighted by Gasteiger charge is -2.18. The lowest BCUT2D eigenvalue weighted by atomic mass is 10.0. The number of hydrogen-bond acceptors (Lipinski definition) is 26. The highest BCUT2D eigenvalue weighted by Gasteiger charge is 2.24. The number of ether oxygens (including phenoxy) is 12. The molecule has 0 saturated carbocycles. The maximum absolute atomic E-state index is 13.1. The number of hydrogen-bond donors (Lipinski definition) is 0. The van der Waals surface area contributed by atoms with Crippen molar-refractivity contribution in [2.45, 2.75) is 457 Å². The average molecular weight is 1710 g/mol. The summed E-state index contributed by atoms with van der Waals surface area (Å²) in [5.74, 6) is -4.53. The van der Waals surface area contributed by atoms with Gasteiger partial charge in [-0.25, -0.2) is 0 Å². The number of ketones is 2. The molecule has 0 aliphatic heterocycles. The van der Waals surface area contributed by atoms with Crippen LogP contribution in [0.4, 0.5) is 0 Å². The molecule has 0 aliphatic rings. The molecule has 26 heteroatoms. The monoisotopic (exact) mass is 1710 g/mol. The summed E-state index contributed by atoms with van der Waals surface area (Å²) in [5, 5.41) is 0. The SMILES string of the molecule is CCCCCC(=O)CCCCCCCC(=O)OCC(COC(=O)CCCCCCCC(=O)OCC(COC(=O)CCCCCCCC(=O)OCC(COC(=O)CCCCCCCC(=O)OCCCC)OC(=O)CCCCCCCC(=O)OCCCC)OC(=O)CCCCCCCC(=O)OCCCC)OC(=O)CCCCCCCC(=O)CCCCC. The quantitative estimate of drug-likeness (QED) is 0.0310. The molecule has 0 aromatic heterocycles. The van der Waals surface area contributed by atoms with Crippen LogP contribution in [-0.4, -0.2) is 161 Å². The van der Waals surface area contributed by atoms with Gasteiger partial charge in [-0.3, -0.25) is 67.1 Å². The third kappa shape index (κ3) is 79.5. The minimum atomic E-state index is -1.06. The minimum Gasteiger partial charge on any atom is -0.466 e. The summed E-state index contributed by atoms with van der Waals surface area (Å²) in [6, 6.07) is 0. The second-order valence-corrected chi connectivity index (χ2v) is 32.0. The Balaban J connectivity index is 5.33. The number of carbonyl (C=O) groups is 14. The van der Waals surface area contributed by atoms with Gasteiger partial charge in [-0.1, -0.05) is 214 Å². The Hall–Kier alpha value is -7.02. The lowest BCUT2D eigenvalue weighted by molar-refractivity contribution is -0.167. The van der Waals surface area contributed by atoms with E-state index in [9.17, 15) is 67.1 Å². The molecule has 0 fully saturated rings. The smallest absolute Gasteiger partial charge is 0.306 e. The van der Waals surface area contributed by atoms with E-state index < -0.39 is 72.0 Å². The first-order valence-electron chi connectivity index (χ1n) is 47.3. The fourth-order valence-corrected chi connectivity index (χ4v) is 12.8. The van der Waals surface area contributed by atoms with Crippen LogP contribution in [0, 0.1) is 0 Å². The van der Waals surface area contributed by atoms with Gasteiger partial charge in [0.15, 0.2) is 18.3 Å². The number of rotatable bonds is 88. The van der Waals surface area contributed by atoms with E-state index in [1.165, 1.54) is 0 Å². The van der Waals surface area contributed by atoms with Crippen molar-refractivity contribution < 1.29 is 124 Å². The van der Waals surface area contributed by atoms with E-state index in [-0.39, 0.29) is 115 Å². The predicted octanol–water partition coefficient (Wildman–Crippen LogP) is 20.4. The molecular weight excluding hydrogens is 1550 g/mol. The molecule has 26 nitrogen and oxygen atoms in total. The van der Waals surface area contributed by atoms with E-state index in [1.807, 2.05) is 20.8 Å². The molecule has 0 N–H and O–H groups in total. The topological polar surface area (TPSA) is 350 Å². The molecule has 0 heterocycles. The van der Waals surface area contributed by atoms with Gasteiger partial charge in [0.05, 0.1) is 19.8 Å². The molecule has 0 amide bonds. The Morgan fingerprint density at radius 2 is 0.283 bits per heavy atom. The van der Waals surface area contributed by atoms with Crippen LogP contribution in [0.3, 0.4) is 0 Å². The van der Waals surface area contributed by atoms with Crippen LogP contribution in [0.15, 0.2) is 0 Å². The number of unbranched alkanes of at least 4 members (excludes halogenated alkanes) is 35. The maximum Gasteiger partial charge on any atom is 0.306 e. The highest BCUT2D eigenvalue weighted by atomic mass is 16.6. The Bertz CT molecular complexity index is 2530. The molecule has 0 saturated heterocycles. The van der Waals surface area contributed by atoms with Gasteiger partial charge in [0.2, 0.25) is 0 Å². The van der Waals surface area contributed by atoms with Gasteiger partial charge in [-0.15, -0.1) is 0 Å². The van der Waals surface area contributed by atoms with Crippen LogP contribution in [0.2, 0.25) is 0 Å². The van der Waals surface area contributed by atoms with Crippen molar-refractivity contribution in [2.75, 3.05) is 59.5 Å². The van der Waals surface area contributed by atoms with E-state index in [0.717, 1.165) is 186 Å². The Morgan fingerprint density at radius 1 is 0.150 bits per heavy atom. The van der Waals surface area contributed by atoms with Gasteiger partial charge >= 0.3 is 71.6 Å². The largest absolute Gasteiger partial charge is 0.466 e. The Kier molecular flexibility index (Phi) is 79.3. The number of carbonyl (C=O) groups excluding carboxylic acids is 14. The summed E-state index contributed by atoms with van der Waals surface area (Å²) in [6.07, 6.45) is 37.9. The molecule has 0 bridgehead atoms. The van der Waals surface area contributed by atoms with Crippen molar-refractivity contribution >= 4 is 83.2 Å². The zero-order chi connectivity index (χ0) is 88.2. The fraction of sp³-hybridized carbons (Fsp3) is 0.851. The van der Waals surface area contributed by atoms with Gasteiger partial charge in [0.25, 0.3) is 0 Å². The highest BCUT2D eigenvalue weighted by Crippen LogP contribution is 2.19. The second kappa shape index (κ2) is 84.2. The van der Waals surface area contributed by atoms with E-state index >= 15 is 0 Å². The molecule has 0 aromatic carbocycles. The van der Waals surface area contributed by atoms with Crippen LogP contribution in [0.1, 0.15) is 439 Å². The summed E-state index contributed by atoms with van der Waals surface area (Å²) in [6.45, 7) is 9.81. The van der Waals surface area contributed by atoms with Gasteiger partial charge < -0.3 is 56.8 Å². The first kappa shape index (κ1) is 113. The fourth-order valence-electron chi connectivity index (χ4n) is 12.8. The zero-order valence-corrected chi connectivity index (χ0v) is 75.3. The second-order valence-electron chi connectivity index (χ2n) is 32.0. The lowest BCUT2D eigenvalue weighted by Crippen LogP contribution is -2.31. The van der Waals surface area contributed by atoms with Gasteiger partial charge in [-0.2, -0.15) is 0 Å². The normalized spacial score (nSPS) is 11.8. The van der Waals surface area contributed by atoms with Crippen molar-refractivity contribution in [3.63, 3.8) is 0 Å². The summed E-state index contributed by atoms with van der Waals surface area (Å²) in [4.78, 5) is 176. The molecule has 0 radical (unpaired) electrons. The van der Waals surface area contributed by atoms with Crippen LogP contribution in [0.25, 0.3) is 0 Å². The number of Topliss-reactive ketones (excluding diaryl/α,β-unsaturated/α-hetero) is 2. The van der Waals surface area contributed by atoms with Crippen molar-refractivity contribution in [3.8, 4) is 0 Å². The van der Waals surface area contributed by atoms with Gasteiger partial charge in [-0.05, 0) is 122 Å². The minimum absolute atomic E-state index is 0.0672. The van der Waals surface area contributed by atoms with Crippen molar-refractivity contribution in [2.24, 2.45) is 0 Å². The molecule has 3 unspecified atom stereocenters. The molecule has 694 valence electrons. The van der Waals surface area contributed by atoms with Gasteiger partial charge in [0, 0.05) is 103 Å². The van der Waals surface area contributed by atoms with Crippen molar-refractivity contribution in [1.82, 2.24) is 0 Å². The summed E-state index contributed by atoms with van der Waals surface area (Å²) < 4.78 is 65.8. The number of esters is 12. The molecule has 120 heavy (non-hydrogen) atoms. The Morgan fingerprint density at radius 3 is 0.450 bits per heavy atom. The molecular formula is C94H162O26. The van der Waals surface area contributed by atoms with Crippen LogP contribution >= 0.6 is 0 Å². The standard InChI is InChI=1S/C94H162O26/c1-6-11-37-53-78(95)55-39-23-16-25-44-60-86(100)112-72-80(118-92(106)66-50-34-17-24-40-56-79(96)54-38-12-7-2)73-114-88(102)62-46-30-19-31-48-64-90(104)116-76-82(120-94(108)68-52-36-22-28-43-59-85(99)111-71-15-10-5)77-117-91(105)65-49-33-20-32-47-63-89(103)115-75-81(119-93(107)67-51-35-21-27-42-58-84(98)110-70-14-9-4)74-113-87(101)61-45-29-18-26-41-57-83(97)109-69-13-8-3/h80-82H,6-77H2,1-5H3. The van der Waals surface area contributed by atoms with Crippen LogP contribution < -0.4 is 0 Å². The zero-order valence-electron chi connectivity index (χ0n) is 75.3. The maximum atomic E-state index is 13.1. The third-order valence-electron chi connectivity index (χ3n) is 20.4. The van der Waals surface area contributed by atoms with E-state index in [4.69, 9.17) is 56.8 Å². The highest BCUT2D eigenvalue weighted by molar-refractivity contribution is 5.79. The van der Waals surface area contributed by atoms with Crippen LogP contribution in [-0.2, 0) is 124 Å². The van der Waals surface area contributed by atoms with Crippen molar-refractivity contribution in [3.05, 3.63) is 0 Å². The Labute approximate surface area is 720 Å². The molecule has 0 rings (SSSR count). The molecule has 3 atom stereocenters. The van der Waals surface area contributed by atoms with Crippen molar-refractivity contribution in [1.29, 1.82) is 0 Å². The first-order valence-corrected chi connectivity index (χ1v) is 47.3. The van der Waals surface area contributed by atoms with Crippen LogP contribution in [0.5, 0.6) is 0 Å². The van der Waals surface area contributed by atoms with E-state index in [0.29, 0.717) is 192 Å². The molecule has 0 aliphatic carbocycles. The summed E-state index contributed by atoms with van der Waals surface area (Å²) in [5.41, 5.74) is 0. The average Bonchev–Trinajstić information content (AvgIpc) is 0.948.